The highest BCUT2D eigenvalue weighted by Gasteiger charge is 2.45. The number of nitrogens with two attached hydrogens (primary N) is 1. The van der Waals surface area contributed by atoms with Gasteiger partial charge in [0.25, 0.3) is 0 Å². The Hall–Kier alpha value is -2.28. The highest BCUT2D eigenvalue weighted by molar-refractivity contribution is 7.19. The molecule has 6 nitrogen and oxygen atoms in total. The number of amides is 1. The van der Waals surface area contributed by atoms with Crippen LogP contribution in [-0.4, -0.2) is 47.3 Å². The zero-order chi connectivity index (χ0) is 20.1. The summed E-state index contributed by atoms with van der Waals surface area (Å²) in [5, 5.41) is 1.68. The van der Waals surface area contributed by atoms with Gasteiger partial charge in [0.2, 0.25) is 0 Å². The molecule has 2 aromatic rings. The monoisotopic (exact) mass is 400 g/mol. The van der Waals surface area contributed by atoms with Gasteiger partial charge in [-0.3, -0.25) is 0 Å². The SMILES string of the molecule is Cc1cccc(-c2nc(N)sc2N2CC3CCN(C(=O)OC(C)(C)C)C3C2)c1. The molecule has 1 aromatic carbocycles. The number of carbonyl (C=O) groups is 1. The van der Waals surface area contributed by atoms with E-state index < -0.39 is 5.60 Å². The number of aromatic nitrogens is 1. The molecule has 7 heteroatoms. The maximum atomic E-state index is 12.6. The van der Waals surface area contributed by atoms with Crippen LogP contribution in [0.15, 0.2) is 24.3 Å². The second-order valence-corrected chi connectivity index (χ2v) is 9.78. The van der Waals surface area contributed by atoms with E-state index >= 15 is 0 Å². The van der Waals surface area contributed by atoms with Crippen LogP contribution in [0.1, 0.15) is 32.8 Å². The molecule has 1 aromatic heterocycles. The number of rotatable bonds is 2. The molecular formula is C21H28N4O2S. The zero-order valence-corrected chi connectivity index (χ0v) is 17.8. The van der Waals surface area contributed by atoms with E-state index in [1.165, 1.54) is 16.9 Å². The van der Waals surface area contributed by atoms with Gasteiger partial charge >= 0.3 is 6.09 Å². The van der Waals surface area contributed by atoms with Crippen molar-refractivity contribution in [3.8, 4) is 11.3 Å². The molecule has 2 aliphatic rings. The Kier molecular flexibility index (Phi) is 4.73. The number of thiazole rings is 1. The highest BCUT2D eigenvalue weighted by Crippen LogP contribution is 2.42. The molecule has 0 radical (unpaired) electrons. The van der Waals surface area contributed by atoms with Crippen LogP contribution in [0.5, 0.6) is 0 Å². The van der Waals surface area contributed by atoms with Crippen molar-refractivity contribution in [1.29, 1.82) is 0 Å². The Morgan fingerprint density at radius 1 is 1.32 bits per heavy atom. The molecule has 1 amide bonds. The molecule has 28 heavy (non-hydrogen) atoms. The smallest absolute Gasteiger partial charge is 0.410 e. The number of fused-ring (bicyclic) bond motifs is 1. The fourth-order valence-electron chi connectivity index (χ4n) is 4.20. The largest absolute Gasteiger partial charge is 0.444 e. The van der Waals surface area contributed by atoms with Gasteiger partial charge in [0, 0.05) is 31.1 Å². The van der Waals surface area contributed by atoms with Crippen LogP contribution in [0.3, 0.4) is 0 Å². The van der Waals surface area contributed by atoms with Crippen LogP contribution in [-0.2, 0) is 4.74 Å². The first kappa shape index (κ1) is 19.1. The first-order chi connectivity index (χ1) is 13.2. The average molecular weight is 401 g/mol. The summed E-state index contributed by atoms with van der Waals surface area (Å²) in [6, 6.07) is 8.53. The topological polar surface area (TPSA) is 71.7 Å². The molecule has 0 aliphatic carbocycles. The van der Waals surface area contributed by atoms with Gasteiger partial charge in [-0.25, -0.2) is 9.78 Å². The van der Waals surface area contributed by atoms with Gasteiger partial charge in [-0.15, -0.1) is 0 Å². The number of hydrogen-bond acceptors (Lipinski definition) is 6. The Morgan fingerprint density at radius 3 is 2.82 bits per heavy atom. The number of likely N-dealkylation sites (tertiary alicyclic amines) is 1. The van der Waals surface area contributed by atoms with Crippen molar-refractivity contribution in [3.05, 3.63) is 29.8 Å². The summed E-state index contributed by atoms with van der Waals surface area (Å²) in [5.74, 6) is 0.459. The molecule has 0 spiro atoms. The van der Waals surface area contributed by atoms with Gasteiger partial charge in [0.05, 0.1) is 6.04 Å². The van der Waals surface area contributed by atoms with Crippen LogP contribution in [0, 0.1) is 12.8 Å². The molecule has 3 heterocycles. The van der Waals surface area contributed by atoms with Gasteiger partial charge in [-0.1, -0.05) is 35.1 Å². The third-order valence-electron chi connectivity index (χ3n) is 5.38. The van der Waals surface area contributed by atoms with E-state index in [4.69, 9.17) is 10.5 Å². The Labute approximate surface area is 170 Å². The zero-order valence-electron chi connectivity index (χ0n) is 16.9. The van der Waals surface area contributed by atoms with Crippen molar-refractivity contribution in [2.45, 2.75) is 45.8 Å². The minimum Gasteiger partial charge on any atom is -0.444 e. The van der Waals surface area contributed by atoms with Gasteiger partial charge in [-0.05, 0) is 40.2 Å². The lowest BCUT2D eigenvalue weighted by molar-refractivity contribution is 0.0229. The number of benzene rings is 1. The van der Waals surface area contributed by atoms with E-state index in [2.05, 4.69) is 35.0 Å². The van der Waals surface area contributed by atoms with Crippen molar-refractivity contribution < 1.29 is 9.53 Å². The summed E-state index contributed by atoms with van der Waals surface area (Å²) in [7, 11) is 0. The van der Waals surface area contributed by atoms with E-state index in [0.717, 1.165) is 42.3 Å². The summed E-state index contributed by atoms with van der Waals surface area (Å²) in [4.78, 5) is 21.5. The first-order valence-corrected chi connectivity index (χ1v) is 10.6. The van der Waals surface area contributed by atoms with Crippen molar-refractivity contribution in [2.75, 3.05) is 30.3 Å². The number of nitrogen functional groups attached to an aromatic ring is 1. The fourth-order valence-corrected chi connectivity index (χ4v) is 5.07. The predicted molar refractivity (Wildman–Crippen MR) is 114 cm³/mol. The molecular weight excluding hydrogens is 372 g/mol. The number of nitrogens with zero attached hydrogens (tertiary/aromatic N) is 3. The molecule has 2 N–H and O–H groups in total. The van der Waals surface area contributed by atoms with E-state index in [9.17, 15) is 4.79 Å². The second kappa shape index (κ2) is 6.95. The van der Waals surface area contributed by atoms with Crippen LogP contribution >= 0.6 is 11.3 Å². The minimum atomic E-state index is -0.474. The summed E-state index contributed by atoms with van der Waals surface area (Å²) in [5.41, 5.74) is 8.83. The lowest BCUT2D eigenvalue weighted by Crippen LogP contribution is -2.42. The normalized spacial score (nSPS) is 21.9. The van der Waals surface area contributed by atoms with E-state index in [-0.39, 0.29) is 12.1 Å². The molecule has 0 bridgehead atoms. The summed E-state index contributed by atoms with van der Waals surface area (Å²) in [6.07, 6.45) is 0.804. The number of anilines is 2. The first-order valence-electron chi connectivity index (χ1n) is 9.79. The molecule has 2 unspecified atom stereocenters. The Morgan fingerprint density at radius 2 is 2.11 bits per heavy atom. The fraction of sp³-hybridized carbons (Fsp3) is 0.524. The van der Waals surface area contributed by atoms with Crippen molar-refractivity contribution in [3.63, 3.8) is 0 Å². The number of aryl methyl sites for hydroxylation is 1. The van der Waals surface area contributed by atoms with Crippen LogP contribution in [0.25, 0.3) is 11.3 Å². The third-order valence-corrected chi connectivity index (χ3v) is 6.33. The minimum absolute atomic E-state index is 0.184. The van der Waals surface area contributed by atoms with Crippen LogP contribution in [0.4, 0.5) is 14.9 Å². The van der Waals surface area contributed by atoms with E-state index in [1.807, 2.05) is 31.7 Å². The quantitative estimate of drug-likeness (QED) is 0.820. The van der Waals surface area contributed by atoms with Crippen LogP contribution < -0.4 is 10.6 Å². The number of ether oxygens (including phenoxy) is 1. The molecule has 2 saturated heterocycles. The standard InChI is InChI=1S/C21H28N4O2S/c1-13-6-5-7-14(10-13)17-18(28-19(22)23-17)24-11-15-8-9-25(16(15)12-24)20(26)27-21(2,3)4/h5-7,10,15-16H,8-9,11-12H2,1-4H3,(H2,22,23). The lowest BCUT2D eigenvalue weighted by atomic mass is 10.1. The van der Waals surface area contributed by atoms with Crippen molar-refractivity contribution in [1.82, 2.24) is 9.88 Å². The molecule has 0 saturated carbocycles. The Balaban J connectivity index is 1.56. The van der Waals surface area contributed by atoms with Gasteiger partial charge in [0.15, 0.2) is 5.13 Å². The van der Waals surface area contributed by atoms with Gasteiger partial charge in [-0.2, -0.15) is 0 Å². The van der Waals surface area contributed by atoms with Gasteiger partial charge < -0.3 is 20.3 Å². The van der Waals surface area contributed by atoms with Crippen molar-refractivity contribution in [2.24, 2.45) is 5.92 Å². The van der Waals surface area contributed by atoms with E-state index in [1.54, 1.807) is 0 Å². The maximum Gasteiger partial charge on any atom is 0.410 e. The average Bonchev–Trinajstić information content (AvgIpc) is 3.25. The summed E-state index contributed by atoms with van der Waals surface area (Å²) >= 11 is 1.53. The molecule has 2 atom stereocenters. The maximum absolute atomic E-state index is 12.6. The van der Waals surface area contributed by atoms with Crippen molar-refractivity contribution >= 4 is 27.6 Å². The molecule has 4 rings (SSSR count). The molecule has 2 aliphatic heterocycles. The number of hydrogen-bond donors (Lipinski definition) is 1. The van der Waals surface area contributed by atoms with Crippen LogP contribution in [0.2, 0.25) is 0 Å². The Bertz CT molecular complexity index is 889. The highest BCUT2D eigenvalue weighted by atomic mass is 32.1. The molecule has 2 fully saturated rings. The third kappa shape index (κ3) is 3.68. The summed E-state index contributed by atoms with van der Waals surface area (Å²) in [6.45, 7) is 10.3. The summed E-state index contributed by atoms with van der Waals surface area (Å²) < 4.78 is 5.62. The van der Waals surface area contributed by atoms with E-state index in [0.29, 0.717) is 11.0 Å². The predicted octanol–water partition coefficient (Wildman–Crippen LogP) is 4.15. The number of carbonyl (C=O) groups excluding carboxylic acids is 1. The van der Waals surface area contributed by atoms with Gasteiger partial charge in [0.1, 0.15) is 16.3 Å². The lowest BCUT2D eigenvalue weighted by Gasteiger charge is -2.28. The second-order valence-electron chi connectivity index (χ2n) is 8.77. The molecule has 150 valence electrons.